The van der Waals surface area contributed by atoms with Crippen molar-refractivity contribution in [3.05, 3.63) is 12.2 Å². The molecule has 0 heterocycles. The second kappa shape index (κ2) is 13.1. The molecule has 2 amide bonds. The van der Waals surface area contributed by atoms with Crippen LogP contribution >= 0.6 is 9.24 Å². The number of guanidine groups is 1. The number of aliphatic imine (C=N–C) groups is 1. The molecule has 4 atom stereocenters. The summed E-state index contributed by atoms with van der Waals surface area (Å²) in [5, 5.41) is 14.2. The molecule has 27 heavy (non-hydrogen) atoms. The number of nitrogens with one attached hydrogen (secondary N) is 2. The highest BCUT2D eigenvalue weighted by Crippen LogP contribution is 2.04. The topological polar surface area (TPSA) is 186 Å². The number of carbonyl (C=O) groups is 3. The Labute approximate surface area is 161 Å². The molecule has 0 saturated heterocycles. The van der Waals surface area contributed by atoms with Gasteiger partial charge in [0.25, 0.3) is 0 Å². The summed E-state index contributed by atoms with van der Waals surface area (Å²) < 4.78 is 0. The molecule has 11 heteroatoms. The normalized spacial score (nSPS) is 14.4. The minimum absolute atomic E-state index is 0.0737. The first-order valence-electron chi connectivity index (χ1n) is 8.61. The largest absolute Gasteiger partial charge is 0.479 e. The molecular formula is C16H31N6O4P. The number of carboxylic acid groups (broad SMARTS) is 1. The smallest absolute Gasteiger partial charge is 0.330 e. The van der Waals surface area contributed by atoms with Gasteiger partial charge in [-0.25, -0.2) is 4.79 Å². The van der Waals surface area contributed by atoms with Crippen molar-refractivity contribution in [2.24, 2.45) is 28.1 Å². The Morgan fingerprint density at radius 2 is 1.81 bits per heavy atom. The van der Waals surface area contributed by atoms with E-state index in [0.29, 0.717) is 12.6 Å². The van der Waals surface area contributed by atoms with Crippen LogP contribution in [0.15, 0.2) is 17.1 Å². The number of nitrogens with zero attached hydrogens (tertiary/aromatic N) is 1. The van der Waals surface area contributed by atoms with Gasteiger partial charge in [-0.2, -0.15) is 0 Å². The van der Waals surface area contributed by atoms with Crippen molar-refractivity contribution in [3.63, 3.8) is 0 Å². The van der Waals surface area contributed by atoms with E-state index in [1.807, 2.05) is 0 Å². The molecule has 0 spiro atoms. The van der Waals surface area contributed by atoms with E-state index in [4.69, 9.17) is 17.2 Å². The lowest BCUT2D eigenvalue weighted by molar-refractivity contribution is -0.140. The van der Waals surface area contributed by atoms with E-state index < -0.39 is 35.9 Å². The molecule has 2 unspecified atom stereocenters. The molecule has 0 aromatic rings. The van der Waals surface area contributed by atoms with Crippen LogP contribution in [0.2, 0.25) is 0 Å². The van der Waals surface area contributed by atoms with Crippen LogP contribution in [-0.4, -0.2) is 59.7 Å². The quantitative estimate of drug-likeness (QED) is 0.0754. The molecule has 0 aromatic carbocycles. The van der Waals surface area contributed by atoms with Crippen LogP contribution in [-0.2, 0) is 14.4 Å². The van der Waals surface area contributed by atoms with Crippen molar-refractivity contribution in [3.8, 4) is 0 Å². The highest BCUT2D eigenvalue weighted by Gasteiger charge is 2.27. The molecule has 0 saturated carbocycles. The fourth-order valence-corrected chi connectivity index (χ4v) is 2.16. The number of rotatable bonds is 12. The van der Waals surface area contributed by atoms with Gasteiger partial charge in [0, 0.05) is 6.54 Å². The number of aliphatic carboxylic acids is 1. The van der Waals surface area contributed by atoms with E-state index in [9.17, 15) is 19.5 Å². The van der Waals surface area contributed by atoms with Crippen LogP contribution in [0, 0.1) is 5.92 Å². The zero-order valence-corrected chi connectivity index (χ0v) is 16.9. The Kier molecular flexibility index (Phi) is 12.0. The van der Waals surface area contributed by atoms with Crippen molar-refractivity contribution in [2.45, 2.75) is 44.8 Å². The summed E-state index contributed by atoms with van der Waals surface area (Å²) in [5.41, 5.74) is 16.3. The molecule has 0 aliphatic heterocycles. The van der Waals surface area contributed by atoms with E-state index in [1.165, 1.54) is 6.08 Å². The van der Waals surface area contributed by atoms with Gasteiger partial charge in [-0.15, -0.1) is 9.24 Å². The average molecular weight is 402 g/mol. The minimum Gasteiger partial charge on any atom is -0.479 e. The lowest BCUT2D eigenvalue weighted by Gasteiger charge is -2.23. The standard InChI is InChI=1S/C16H31N6O4P/c1-9(2)12(17)14(24)21-10(5-3-7-20-16(18)19)13(23)22-11(15(25)26)6-4-8-27/h4,6,9-12H,3,5,7-8,17,27H2,1-2H3,(H,21,24)(H,22,23)(H,25,26)(H4,18,19,20)/b6-4-/t10-,11-,12?/m0/s1. The highest BCUT2D eigenvalue weighted by molar-refractivity contribution is 7.16. The van der Waals surface area contributed by atoms with Gasteiger partial charge in [-0.3, -0.25) is 14.6 Å². The van der Waals surface area contributed by atoms with Gasteiger partial charge in [-0.05, 0) is 24.9 Å². The maximum Gasteiger partial charge on any atom is 0.330 e. The average Bonchev–Trinajstić information content (AvgIpc) is 2.59. The van der Waals surface area contributed by atoms with Crippen molar-refractivity contribution in [2.75, 3.05) is 12.7 Å². The maximum atomic E-state index is 12.5. The number of allylic oxidation sites excluding steroid dienone is 1. The SMILES string of the molecule is CC(C)C(N)C(=O)N[C@@H](CCCN=C(N)N)C(=O)N[C@@H](/C=C\CP)C(=O)O. The minimum atomic E-state index is -1.21. The van der Waals surface area contributed by atoms with Crippen molar-refractivity contribution >= 4 is 33.0 Å². The number of hydrogen-bond acceptors (Lipinski definition) is 5. The van der Waals surface area contributed by atoms with Crippen molar-refractivity contribution < 1.29 is 19.5 Å². The van der Waals surface area contributed by atoms with Gasteiger partial charge in [0.2, 0.25) is 11.8 Å². The van der Waals surface area contributed by atoms with Crippen molar-refractivity contribution in [1.29, 1.82) is 0 Å². The number of carboxylic acids is 1. The third kappa shape index (κ3) is 10.5. The molecule has 0 radical (unpaired) electrons. The Balaban J connectivity index is 5.14. The zero-order chi connectivity index (χ0) is 21.0. The Morgan fingerprint density at radius 1 is 1.19 bits per heavy atom. The maximum absolute atomic E-state index is 12.5. The summed E-state index contributed by atoms with van der Waals surface area (Å²) in [7, 11) is 2.42. The van der Waals surface area contributed by atoms with Crippen LogP contribution in [0.25, 0.3) is 0 Å². The van der Waals surface area contributed by atoms with E-state index in [0.717, 1.165) is 0 Å². The van der Waals surface area contributed by atoms with Crippen LogP contribution in [0.3, 0.4) is 0 Å². The van der Waals surface area contributed by atoms with Crippen LogP contribution in [0.1, 0.15) is 26.7 Å². The van der Waals surface area contributed by atoms with Gasteiger partial charge in [0.1, 0.15) is 12.1 Å². The summed E-state index contributed by atoms with van der Waals surface area (Å²) in [6, 6.07) is -2.94. The highest BCUT2D eigenvalue weighted by atomic mass is 31.0. The van der Waals surface area contributed by atoms with Gasteiger partial charge < -0.3 is 32.9 Å². The number of hydrogen-bond donors (Lipinski definition) is 6. The predicted octanol–water partition coefficient (Wildman–Crippen LogP) is -1.49. The fraction of sp³-hybridized carbons (Fsp3) is 0.625. The predicted molar refractivity (Wildman–Crippen MR) is 108 cm³/mol. The molecule has 9 N–H and O–H groups in total. The summed E-state index contributed by atoms with van der Waals surface area (Å²) >= 11 is 0. The molecule has 0 aliphatic rings. The fourth-order valence-electron chi connectivity index (χ4n) is 2.00. The van der Waals surface area contributed by atoms with Crippen molar-refractivity contribution in [1.82, 2.24) is 10.6 Å². The van der Waals surface area contributed by atoms with Crippen LogP contribution in [0.5, 0.6) is 0 Å². The van der Waals surface area contributed by atoms with Gasteiger partial charge in [-0.1, -0.05) is 26.0 Å². The summed E-state index contributed by atoms with van der Waals surface area (Å²) in [6.07, 6.45) is 4.14. The number of carbonyl (C=O) groups excluding carboxylic acids is 2. The third-order valence-corrected chi connectivity index (χ3v) is 3.90. The molecule has 154 valence electrons. The first-order chi connectivity index (χ1) is 12.6. The number of amides is 2. The van der Waals surface area contributed by atoms with Gasteiger partial charge in [0.15, 0.2) is 5.96 Å². The first kappa shape index (κ1) is 24.8. The van der Waals surface area contributed by atoms with Crippen LogP contribution < -0.4 is 27.8 Å². The molecule has 0 aliphatic carbocycles. The van der Waals surface area contributed by atoms with Gasteiger partial charge in [0.05, 0.1) is 6.04 Å². The lowest BCUT2D eigenvalue weighted by atomic mass is 10.0. The molecular weight excluding hydrogens is 371 g/mol. The molecule has 0 aromatic heterocycles. The summed E-state index contributed by atoms with van der Waals surface area (Å²) in [5.74, 6) is -2.51. The second-order valence-corrected chi connectivity index (χ2v) is 6.74. The van der Waals surface area contributed by atoms with E-state index in [-0.39, 0.29) is 24.8 Å². The molecule has 0 bridgehead atoms. The van der Waals surface area contributed by atoms with Gasteiger partial charge >= 0.3 is 5.97 Å². The molecule has 0 fully saturated rings. The molecule has 10 nitrogen and oxygen atoms in total. The monoisotopic (exact) mass is 402 g/mol. The zero-order valence-electron chi connectivity index (χ0n) is 15.7. The Hall–Kier alpha value is -2.19. The van der Waals surface area contributed by atoms with Crippen LogP contribution in [0.4, 0.5) is 0 Å². The van der Waals surface area contributed by atoms with E-state index in [2.05, 4.69) is 24.9 Å². The first-order valence-corrected chi connectivity index (χ1v) is 9.43. The lowest BCUT2D eigenvalue weighted by Crippen LogP contribution is -2.55. The van der Waals surface area contributed by atoms with E-state index in [1.54, 1.807) is 19.9 Å². The summed E-state index contributed by atoms with van der Waals surface area (Å²) in [6.45, 7) is 3.84. The van der Waals surface area contributed by atoms with E-state index >= 15 is 0 Å². The summed E-state index contributed by atoms with van der Waals surface area (Å²) in [4.78, 5) is 39.9. The third-order valence-electron chi connectivity index (χ3n) is 3.63. The Bertz CT molecular complexity index is 563. The Morgan fingerprint density at radius 3 is 2.30 bits per heavy atom. The second-order valence-electron chi connectivity index (χ2n) is 6.27. The molecule has 0 rings (SSSR count). The number of nitrogens with two attached hydrogens (primary N) is 3.